The molecule has 2 rings (SSSR count). The minimum atomic E-state index is 0.447. The average Bonchev–Trinajstić information content (AvgIpc) is 2.43. The van der Waals surface area contributed by atoms with E-state index in [4.69, 9.17) is 20.5 Å². The first-order chi connectivity index (χ1) is 9.15. The van der Waals surface area contributed by atoms with Gasteiger partial charge in [-0.05, 0) is 31.2 Å². The third-order valence-electron chi connectivity index (χ3n) is 2.86. The third-order valence-corrected chi connectivity index (χ3v) is 2.86. The molecule has 2 aromatic rings. The summed E-state index contributed by atoms with van der Waals surface area (Å²) in [4.78, 5) is 0. The maximum Gasteiger partial charge on any atom is 0.148 e. The second-order valence-corrected chi connectivity index (χ2v) is 4.05. The number of nitrogen functional groups attached to an aromatic ring is 1. The average molecular weight is 254 g/mol. The predicted octanol–water partition coefficient (Wildman–Crippen LogP) is 3.25. The van der Waals surface area contributed by atoms with Crippen molar-refractivity contribution in [2.24, 2.45) is 0 Å². The van der Waals surface area contributed by atoms with Gasteiger partial charge in [0, 0.05) is 17.3 Å². The smallest absolute Gasteiger partial charge is 0.148 e. The van der Waals surface area contributed by atoms with Gasteiger partial charge in [-0.25, -0.2) is 0 Å². The zero-order chi connectivity index (χ0) is 13.8. The molecule has 0 radical (unpaired) electrons. The van der Waals surface area contributed by atoms with Gasteiger partial charge >= 0.3 is 0 Å². The fourth-order valence-corrected chi connectivity index (χ4v) is 1.67. The van der Waals surface area contributed by atoms with Crippen LogP contribution in [-0.2, 0) is 0 Å². The van der Waals surface area contributed by atoms with Crippen molar-refractivity contribution in [3.63, 3.8) is 0 Å². The van der Waals surface area contributed by atoms with E-state index in [1.165, 1.54) is 0 Å². The van der Waals surface area contributed by atoms with Gasteiger partial charge in [-0.15, -0.1) is 0 Å². The molecule has 0 aliphatic heterocycles. The lowest BCUT2D eigenvalue weighted by molar-refractivity contribution is 0.408. The van der Waals surface area contributed by atoms with Crippen molar-refractivity contribution in [3.8, 4) is 23.3 Å². The van der Waals surface area contributed by atoms with Crippen LogP contribution >= 0.6 is 0 Å². The molecule has 0 saturated heterocycles. The molecule has 4 nitrogen and oxygen atoms in total. The number of methoxy groups -OCH3 is 1. The fraction of sp³-hybridized carbons (Fsp3) is 0.133. The van der Waals surface area contributed by atoms with Gasteiger partial charge in [0.1, 0.15) is 23.3 Å². The second kappa shape index (κ2) is 5.32. The highest BCUT2D eigenvalue weighted by Crippen LogP contribution is 2.32. The van der Waals surface area contributed by atoms with Crippen LogP contribution in [0.4, 0.5) is 5.69 Å². The molecule has 0 unspecified atom stereocenters. The quantitative estimate of drug-likeness (QED) is 0.854. The van der Waals surface area contributed by atoms with E-state index in [1.54, 1.807) is 31.4 Å². The van der Waals surface area contributed by atoms with Crippen LogP contribution < -0.4 is 15.2 Å². The Kier molecular flexibility index (Phi) is 3.58. The Balaban J connectivity index is 2.42. The molecule has 0 amide bonds. The second-order valence-electron chi connectivity index (χ2n) is 4.05. The molecule has 4 heteroatoms. The number of rotatable bonds is 3. The van der Waals surface area contributed by atoms with E-state index in [9.17, 15) is 0 Å². The zero-order valence-corrected chi connectivity index (χ0v) is 10.8. The first-order valence-electron chi connectivity index (χ1n) is 5.76. The molecule has 0 saturated carbocycles. The van der Waals surface area contributed by atoms with E-state index >= 15 is 0 Å². The van der Waals surface area contributed by atoms with Gasteiger partial charge in [0.2, 0.25) is 0 Å². The molecule has 19 heavy (non-hydrogen) atoms. The topological polar surface area (TPSA) is 68.3 Å². The monoisotopic (exact) mass is 254 g/mol. The Morgan fingerprint density at radius 3 is 2.63 bits per heavy atom. The van der Waals surface area contributed by atoms with E-state index in [0.29, 0.717) is 28.5 Å². The highest BCUT2D eigenvalue weighted by atomic mass is 16.5. The molecule has 96 valence electrons. The number of hydrogen-bond acceptors (Lipinski definition) is 4. The highest BCUT2D eigenvalue weighted by molar-refractivity contribution is 5.56. The number of ether oxygens (including phenoxy) is 2. The zero-order valence-electron chi connectivity index (χ0n) is 10.8. The van der Waals surface area contributed by atoms with Crippen LogP contribution in [0.3, 0.4) is 0 Å². The molecule has 0 bridgehead atoms. The van der Waals surface area contributed by atoms with Crippen LogP contribution in [0.2, 0.25) is 0 Å². The van der Waals surface area contributed by atoms with E-state index in [1.807, 2.05) is 19.1 Å². The molecule has 0 aromatic heterocycles. The Hall–Kier alpha value is -2.67. The minimum absolute atomic E-state index is 0.447. The van der Waals surface area contributed by atoms with E-state index in [0.717, 1.165) is 5.56 Å². The lowest BCUT2D eigenvalue weighted by Gasteiger charge is -2.12. The molecular formula is C15H14N2O2. The van der Waals surface area contributed by atoms with Crippen molar-refractivity contribution in [1.82, 2.24) is 0 Å². The number of hydrogen-bond donors (Lipinski definition) is 1. The number of nitrogens with two attached hydrogens (primary N) is 1. The van der Waals surface area contributed by atoms with Crippen molar-refractivity contribution >= 4 is 5.69 Å². The number of anilines is 1. The Labute approximate surface area is 112 Å². The van der Waals surface area contributed by atoms with Gasteiger partial charge in [-0.1, -0.05) is 6.07 Å². The van der Waals surface area contributed by atoms with Crippen LogP contribution in [0.1, 0.15) is 11.1 Å². The maximum absolute atomic E-state index is 9.09. The summed E-state index contributed by atoms with van der Waals surface area (Å²) < 4.78 is 10.9. The summed E-state index contributed by atoms with van der Waals surface area (Å²) in [6.45, 7) is 1.87. The van der Waals surface area contributed by atoms with Crippen molar-refractivity contribution in [2.75, 3.05) is 12.8 Å². The first kappa shape index (κ1) is 12.8. The van der Waals surface area contributed by atoms with Crippen LogP contribution in [0.5, 0.6) is 17.2 Å². The molecule has 0 atom stereocenters. The summed E-state index contributed by atoms with van der Waals surface area (Å²) in [5.41, 5.74) is 7.77. The van der Waals surface area contributed by atoms with Gasteiger partial charge in [-0.3, -0.25) is 0 Å². The van der Waals surface area contributed by atoms with Gasteiger partial charge < -0.3 is 15.2 Å². The summed E-state index contributed by atoms with van der Waals surface area (Å²) in [6.07, 6.45) is 0. The van der Waals surface area contributed by atoms with Gasteiger partial charge in [0.15, 0.2) is 0 Å². The van der Waals surface area contributed by atoms with Gasteiger partial charge in [0.25, 0.3) is 0 Å². The molecular weight excluding hydrogens is 240 g/mol. The summed E-state index contributed by atoms with van der Waals surface area (Å²) in [5.74, 6) is 1.72. The normalized spacial score (nSPS) is 9.74. The van der Waals surface area contributed by atoms with Crippen LogP contribution in [0, 0.1) is 18.3 Å². The van der Waals surface area contributed by atoms with Gasteiger partial charge in [0.05, 0.1) is 12.7 Å². The van der Waals surface area contributed by atoms with Gasteiger partial charge in [-0.2, -0.15) is 5.26 Å². The number of nitriles is 1. The van der Waals surface area contributed by atoms with E-state index in [2.05, 4.69) is 6.07 Å². The minimum Gasteiger partial charge on any atom is -0.497 e. The fourth-order valence-electron chi connectivity index (χ4n) is 1.67. The van der Waals surface area contributed by atoms with Crippen molar-refractivity contribution in [1.29, 1.82) is 5.26 Å². The van der Waals surface area contributed by atoms with Crippen molar-refractivity contribution < 1.29 is 9.47 Å². The lowest BCUT2D eigenvalue weighted by Crippen LogP contribution is -1.95. The molecule has 2 aromatic carbocycles. The largest absolute Gasteiger partial charge is 0.497 e. The van der Waals surface area contributed by atoms with Crippen LogP contribution in [-0.4, -0.2) is 7.11 Å². The SMILES string of the molecule is COc1ccc(C#N)c(Oc2cccc(N)c2C)c1. The summed E-state index contributed by atoms with van der Waals surface area (Å²) in [5, 5.41) is 9.09. The third kappa shape index (κ3) is 2.61. The van der Waals surface area contributed by atoms with Crippen LogP contribution in [0.25, 0.3) is 0 Å². The summed E-state index contributed by atoms with van der Waals surface area (Å²) in [6, 6.07) is 12.6. The Morgan fingerprint density at radius 1 is 1.16 bits per heavy atom. The predicted molar refractivity (Wildman–Crippen MR) is 73.4 cm³/mol. The van der Waals surface area contributed by atoms with E-state index in [-0.39, 0.29) is 0 Å². The summed E-state index contributed by atoms with van der Waals surface area (Å²) in [7, 11) is 1.57. The molecule has 2 N–H and O–H groups in total. The first-order valence-corrected chi connectivity index (χ1v) is 5.76. The van der Waals surface area contributed by atoms with Crippen LogP contribution in [0.15, 0.2) is 36.4 Å². The van der Waals surface area contributed by atoms with Crippen molar-refractivity contribution in [2.45, 2.75) is 6.92 Å². The lowest BCUT2D eigenvalue weighted by atomic mass is 10.1. The standard InChI is InChI=1S/C15H14N2O2/c1-10-13(17)4-3-5-14(10)19-15-8-12(18-2)7-6-11(15)9-16/h3-8H,17H2,1-2H3. The maximum atomic E-state index is 9.09. The summed E-state index contributed by atoms with van der Waals surface area (Å²) >= 11 is 0. The van der Waals surface area contributed by atoms with Crippen molar-refractivity contribution in [3.05, 3.63) is 47.5 Å². The number of nitrogens with zero attached hydrogens (tertiary/aromatic N) is 1. The molecule has 0 fully saturated rings. The highest BCUT2D eigenvalue weighted by Gasteiger charge is 2.09. The molecule has 0 heterocycles. The number of benzene rings is 2. The molecule has 0 aliphatic carbocycles. The van der Waals surface area contributed by atoms with E-state index < -0.39 is 0 Å². The molecule has 0 aliphatic rings. The Bertz CT molecular complexity index is 645. The Morgan fingerprint density at radius 2 is 1.95 bits per heavy atom. The molecule has 0 spiro atoms.